The zero-order valence-electron chi connectivity index (χ0n) is 21.9. The summed E-state index contributed by atoms with van der Waals surface area (Å²) in [4.78, 5) is 28.7. The van der Waals surface area contributed by atoms with Crippen LogP contribution >= 0.6 is 15.9 Å². The third kappa shape index (κ3) is 7.45. The third-order valence-corrected chi connectivity index (χ3v) is 8.36. The maximum absolute atomic E-state index is 14.0. The molecule has 3 aromatic rings. The number of halogens is 1. The van der Waals surface area contributed by atoms with Gasteiger partial charge in [0.25, 0.3) is 10.0 Å². The van der Waals surface area contributed by atoms with E-state index in [1.807, 2.05) is 45.0 Å². The van der Waals surface area contributed by atoms with Gasteiger partial charge in [0, 0.05) is 17.6 Å². The van der Waals surface area contributed by atoms with Crippen LogP contribution in [0, 0.1) is 6.92 Å². The van der Waals surface area contributed by atoms with E-state index in [-0.39, 0.29) is 17.3 Å². The molecule has 3 aromatic carbocycles. The lowest BCUT2D eigenvalue weighted by molar-refractivity contribution is -0.140. The van der Waals surface area contributed by atoms with Crippen LogP contribution in [0.4, 0.5) is 5.69 Å². The molecule has 3 rings (SSSR count). The van der Waals surface area contributed by atoms with Gasteiger partial charge in [-0.05, 0) is 55.7 Å². The number of hydrogen-bond acceptors (Lipinski definition) is 4. The van der Waals surface area contributed by atoms with E-state index in [4.69, 9.17) is 0 Å². The summed E-state index contributed by atoms with van der Waals surface area (Å²) in [5.74, 6) is -0.722. The highest BCUT2D eigenvalue weighted by molar-refractivity contribution is 9.10. The second kappa shape index (κ2) is 13.6. The first-order valence-corrected chi connectivity index (χ1v) is 14.9. The number of sulfonamides is 1. The Balaban J connectivity index is 2.04. The summed E-state index contributed by atoms with van der Waals surface area (Å²) in [5.41, 5.74) is 2.23. The summed E-state index contributed by atoms with van der Waals surface area (Å²) in [7, 11) is -4.08. The van der Waals surface area contributed by atoms with E-state index in [0.29, 0.717) is 23.1 Å². The van der Waals surface area contributed by atoms with Crippen molar-refractivity contribution in [2.45, 2.75) is 51.1 Å². The Morgan fingerprint density at radius 2 is 1.66 bits per heavy atom. The standard InChI is InChI=1S/C29H34BrN3O4S/c1-4-17-31-29(35)27(5-2)32(20-23-12-9-11-22(3)18-23)28(34)21-33(25-14-10-13-24(30)19-25)38(36,37)26-15-7-6-8-16-26/h6-16,18-19,27H,4-5,17,20-21H2,1-3H3,(H,31,35). The molecule has 0 saturated carbocycles. The Bertz CT molecular complexity index is 1350. The maximum Gasteiger partial charge on any atom is 0.264 e. The molecule has 0 bridgehead atoms. The van der Waals surface area contributed by atoms with E-state index in [0.717, 1.165) is 21.9 Å². The zero-order chi connectivity index (χ0) is 27.7. The van der Waals surface area contributed by atoms with E-state index >= 15 is 0 Å². The number of carbonyl (C=O) groups excluding carboxylic acids is 2. The van der Waals surface area contributed by atoms with Crippen LogP contribution in [-0.4, -0.2) is 44.3 Å². The molecule has 38 heavy (non-hydrogen) atoms. The van der Waals surface area contributed by atoms with E-state index in [1.165, 1.54) is 17.0 Å². The van der Waals surface area contributed by atoms with Gasteiger partial charge in [0.05, 0.1) is 10.6 Å². The zero-order valence-corrected chi connectivity index (χ0v) is 24.3. The Morgan fingerprint density at radius 3 is 2.29 bits per heavy atom. The van der Waals surface area contributed by atoms with Crippen LogP contribution in [0.3, 0.4) is 0 Å². The summed E-state index contributed by atoms with van der Waals surface area (Å²) >= 11 is 3.41. The minimum atomic E-state index is -4.08. The van der Waals surface area contributed by atoms with Gasteiger partial charge in [0.1, 0.15) is 12.6 Å². The largest absolute Gasteiger partial charge is 0.354 e. The van der Waals surface area contributed by atoms with Crippen molar-refractivity contribution in [3.63, 3.8) is 0 Å². The Kier molecular flexibility index (Phi) is 10.5. The van der Waals surface area contributed by atoms with Gasteiger partial charge in [-0.3, -0.25) is 13.9 Å². The minimum absolute atomic E-state index is 0.0748. The van der Waals surface area contributed by atoms with Crippen molar-refractivity contribution in [2.75, 3.05) is 17.4 Å². The molecule has 0 radical (unpaired) electrons. The van der Waals surface area contributed by atoms with Crippen LogP contribution in [0.1, 0.15) is 37.8 Å². The molecule has 0 heterocycles. The molecule has 0 aromatic heterocycles. The second-order valence-corrected chi connectivity index (χ2v) is 11.8. The summed E-state index contributed by atoms with van der Waals surface area (Å²) in [5, 5.41) is 2.89. The molecule has 7 nitrogen and oxygen atoms in total. The SMILES string of the molecule is CCCNC(=O)C(CC)N(Cc1cccc(C)c1)C(=O)CN(c1cccc(Br)c1)S(=O)(=O)c1ccccc1. The van der Waals surface area contributed by atoms with Crippen molar-refractivity contribution in [3.8, 4) is 0 Å². The fraction of sp³-hybridized carbons (Fsp3) is 0.310. The van der Waals surface area contributed by atoms with Gasteiger partial charge >= 0.3 is 0 Å². The van der Waals surface area contributed by atoms with Crippen molar-refractivity contribution in [1.82, 2.24) is 10.2 Å². The molecular formula is C29H34BrN3O4S. The average Bonchev–Trinajstić information content (AvgIpc) is 2.90. The van der Waals surface area contributed by atoms with E-state index in [9.17, 15) is 18.0 Å². The summed E-state index contributed by atoms with van der Waals surface area (Å²) in [6.07, 6.45) is 1.15. The smallest absolute Gasteiger partial charge is 0.264 e. The number of hydrogen-bond donors (Lipinski definition) is 1. The molecule has 0 aliphatic carbocycles. The van der Waals surface area contributed by atoms with Gasteiger partial charge in [-0.15, -0.1) is 0 Å². The molecule has 202 valence electrons. The molecular weight excluding hydrogens is 566 g/mol. The van der Waals surface area contributed by atoms with Crippen molar-refractivity contribution < 1.29 is 18.0 Å². The van der Waals surface area contributed by atoms with E-state index < -0.39 is 28.5 Å². The normalized spacial score (nSPS) is 12.0. The lowest BCUT2D eigenvalue weighted by atomic mass is 10.1. The summed E-state index contributed by atoms with van der Waals surface area (Å²) in [6, 6.07) is 21.8. The molecule has 2 amide bonds. The van der Waals surface area contributed by atoms with Crippen LogP contribution in [0.2, 0.25) is 0 Å². The van der Waals surface area contributed by atoms with Crippen LogP contribution in [0.5, 0.6) is 0 Å². The van der Waals surface area contributed by atoms with Crippen LogP contribution in [0.15, 0.2) is 88.2 Å². The Hall–Kier alpha value is -3.17. The maximum atomic E-state index is 14.0. The molecule has 0 spiro atoms. The first-order valence-electron chi connectivity index (χ1n) is 12.6. The van der Waals surface area contributed by atoms with Gasteiger partial charge in [-0.1, -0.05) is 83.9 Å². The number of nitrogens with one attached hydrogen (secondary N) is 1. The van der Waals surface area contributed by atoms with Gasteiger partial charge in [-0.2, -0.15) is 0 Å². The highest BCUT2D eigenvalue weighted by Gasteiger charge is 2.33. The molecule has 1 unspecified atom stereocenters. The highest BCUT2D eigenvalue weighted by atomic mass is 79.9. The molecule has 9 heteroatoms. The lowest BCUT2D eigenvalue weighted by Gasteiger charge is -2.33. The predicted molar refractivity (Wildman–Crippen MR) is 154 cm³/mol. The van der Waals surface area contributed by atoms with Gasteiger partial charge in [-0.25, -0.2) is 8.42 Å². The van der Waals surface area contributed by atoms with Crippen molar-refractivity contribution in [1.29, 1.82) is 0 Å². The number of nitrogens with zero attached hydrogens (tertiary/aromatic N) is 2. The fourth-order valence-corrected chi connectivity index (χ4v) is 5.99. The Morgan fingerprint density at radius 1 is 0.947 bits per heavy atom. The fourth-order valence-electron chi connectivity index (χ4n) is 4.17. The quantitative estimate of drug-likeness (QED) is 0.306. The molecule has 0 aliphatic rings. The van der Waals surface area contributed by atoms with Crippen molar-refractivity contribution in [3.05, 3.63) is 94.5 Å². The first kappa shape index (κ1) is 29.4. The van der Waals surface area contributed by atoms with Gasteiger partial charge in [0.2, 0.25) is 11.8 Å². The Labute approximate surface area is 234 Å². The van der Waals surface area contributed by atoms with Crippen LogP contribution in [-0.2, 0) is 26.2 Å². The van der Waals surface area contributed by atoms with Crippen LogP contribution < -0.4 is 9.62 Å². The van der Waals surface area contributed by atoms with E-state index in [2.05, 4.69) is 21.2 Å². The molecule has 0 aliphatic heterocycles. The average molecular weight is 601 g/mol. The number of anilines is 1. The summed E-state index contributed by atoms with van der Waals surface area (Å²) in [6.45, 7) is 5.98. The lowest BCUT2D eigenvalue weighted by Crippen LogP contribution is -2.52. The summed E-state index contributed by atoms with van der Waals surface area (Å²) < 4.78 is 29.3. The third-order valence-electron chi connectivity index (χ3n) is 6.08. The van der Waals surface area contributed by atoms with Gasteiger partial charge < -0.3 is 10.2 Å². The van der Waals surface area contributed by atoms with Crippen LogP contribution in [0.25, 0.3) is 0 Å². The van der Waals surface area contributed by atoms with Gasteiger partial charge in [0.15, 0.2) is 0 Å². The predicted octanol–water partition coefficient (Wildman–Crippen LogP) is 5.29. The number of amides is 2. The number of carbonyl (C=O) groups is 2. The monoisotopic (exact) mass is 599 g/mol. The first-order chi connectivity index (χ1) is 18.2. The number of aryl methyl sites for hydroxylation is 1. The highest BCUT2D eigenvalue weighted by Crippen LogP contribution is 2.27. The number of rotatable bonds is 12. The molecule has 1 atom stereocenters. The molecule has 1 N–H and O–H groups in total. The topological polar surface area (TPSA) is 86.8 Å². The van der Waals surface area contributed by atoms with Crippen molar-refractivity contribution in [2.24, 2.45) is 0 Å². The minimum Gasteiger partial charge on any atom is -0.354 e. The van der Waals surface area contributed by atoms with E-state index in [1.54, 1.807) is 42.5 Å². The molecule has 0 saturated heterocycles. The van der Waals surface area contributed by atoms with Crippen molar-refractivity contribution >= 4 is 43.5 Å². The number of benzene rings is 3. The molecule has 0 fully saturated rings. The second-order valence-electron chi connectivity index (χ2n) is 9.03.